The zero-order chi connectivity index (χ0) is 26.8. The minimum Gasteiger partial charge on any atom is -0.481 e. The van der Waals surface area contributed by atoms with Gasteiger partial charge in [-0.05, 0) is 55.5 Å². The van der Waals surface area contributed by atoms with E-state index >= 15 is 0 Å². The molecule has 5 rings (SSSR count). The first kappa shape index (κ1) is 26.4. The normalized spacial score (nSPS) is 23.6. The number of fused-ring (bicyclic) bond motifs is 1. The van der Waals surface area contributed by atoms with E-state index in [0.29, 0.717) is 36.8 Å². The van der Waals surface area contributed by atoms with E-state index in [0.717, 1.165) is 0 Å². The highest BCUT2D eigenvalue weighted by molar-refractivity contribution is 6.33. The number of alkyl halides is 1. The highest BCUT2D eigenvalue weighted by Crippen LogP contribution is 2.31. The van der Waals surface area contributed by atoms with Gasteiger partial charge in [0, 0.05) is 6.42 Å². The molecule has 1 aliphatic carbocycles. The van der Waals surface area contributed by atoms with E-state index in [-0.39, 0.29) is 60.3 Å². The zero-order valence-electron chi connectivity index (χ0n) is 20.5. The third-order valence-corrected chi connectivity index (χ3v) is 7.56. The predicted octanol–water partition coefficient (Wildman–Crippen LogP) is 5.51. The van der Waals surface area contributed by atoms with Crippen molar-refractivity contribution >= 4 is 46.3 Å². The van der Waals surface area contributed by atoms with Crippen LogP contribution >= 0.6 is 11.6 Å². The van der Waals surface area contributed by atoms with Crippen LogP contribution in [0.2, 0.25) is 5.02 Å². The molecule has 2 aromatic carbocycles. The summed E-state index contributed by atoms with van der Waals surface area (Å²) in [6.45, 7) is 0.0799. The monoisotopic (exact) mass is 547 g/mol. The molecule has 2 heterocycles. The summed E-state index contributed by atoms with van der Waals surface area (Å²) in [6.07, 6.45) is 0.876. The van der Waals surface area contributed by atoms with E-state index in [4.69, 9.17) is 25.9 Å². The number of carboxylic acid groups (broad SMARTS) is 1. The molecule has 38 heavy (non-hydrogen) atoms. The van der Waals surface area contributed by atoms with Gasteiger partial charge in [-0.25, -0.2) is 8.78 Å². The molecule has 11 heteroatoms. The van der Waals surface area contributed by atoms with Gasteiger partial charge in [0.05, 0.1) is 48.3 Å². The lowest BCUT2D eigenvalue weighted by molar-refractivity contribution is -0.144. The molecule has 202 valence electrons. The number of anilines is 2. The summed E-state index contributed by atoms with van der Waals surface area (Å²) >= 11 is 6.37. The number of hydrogen-bond acceptors (Lipinski definition) is 6. The number of ether oxygens (including phenoxy) is 1. The van der Waals surface area contributed by atoms with Crippen LogP contribution in [0.1, 0.15) is 37.7 Å². The summed E-state index contributed by atoms with van der Waals surface area (Å²) in [6, 6.07) is 9.41. The fourth-order valence-electron chi connectivity index (χ4n) is 5.17. The predicted molar refractivity (Wildman–Crippen MR) is 137 cm³/mol. The van der Waals surface area contributed by atoms with Gasteiger partial charge in [0.2, 0.25) is 5.91 Å². The lowest BCUT2D eigenvalue weighted by atomic mass is 9.87. The maximum absolute atomic E-state index is 15.0. The molecule has 2 atom stereocenters. The van der Waals surface area contributed by atoms with Crippen molar-refractivity contribution in [3.63, 3.8) is 0 Å². The molecule has 2 fully saturated rings. The summed E-state index contributed by atoms with van der Waals surface area (Å²) in [5, 5.41) is 12.2. The quantitative estimate of drug-likeness (QED) is 0.383. The first-order valence-electron chi connectivity index (χ1n) is 12.6. The highest BCUT2D eigenvalue weighted by Gasteiger charge is 2.36. The molecule has 2 aliphatic rings. The number of carboxylic acids is 1. The molecule has 0 spiro atoms. The number of benzene rings is 2. The van der Waals surface area contributed by atoms with Crippen LogP contribution in [0.15, 0.2) is 40.8 Å². The number of aliphatic carboxylic acids is 1. The van der Waals surface area contributed by atoms with Crippen LogP contribution in [0.25, 0.3) is 11.1 Å². The standard InChI is InChI=1S/C27H28ClF2N3O5/c28-20-9-16(21(30)12-23(20)32-27-31-22-3-1-2-4-24(22)38-27)10-25(34)33-13-17(29)11-18(33)14-37-19-7-5-15(6-8-19)26(35)36/h1-4,9,12,15,17-19H,5-8,10-11,13-14H2,(H,31,32)(H,35,36)/t15?,17-,18-,19?/m0/s1. The molecule has 1 amide bonds. The summed E-state index contributed by atoms with van der Waals surface area (Å²) in [5.41, 5.74) is 1.53. The van der Waals surface area contributed by atoms with Crippen molar-refractivity contribution in [1.29, 1.82) is 0 Å². The van der Waals surface area contributed by atoms with Crippen LogP contribution < -0.4 is 5.32 Å². The Kier molecular flexibility index (Phi) is 7.80. The molecule has 1 saturated carbocycles. The third kappa shape index (κ3) is 5.91. The first-order chi connectivity index (χ1) is 18.3. The van der Waals surface area contributed by atoms with Gasteiger partial charge in [-0.2, -0.15) is 4.98 Å². The third-order valence-electron chi connectivity index (χ3n) is 7.24. The second-order valence-electron chi connectivity index (χ2n) is 9.89. The van der Waals surface area contributed by atoms with E-state index < -0.39 is 29.9 Å². The topological polar surface area (TPSA) is 105 Å². The smallest absolute Gasteiger partial charge is 0.306 e. The molecule has 2 N–H and O–H groups in total. The lowest BCUT2D eigenvalue weighted by Crippen LogP contribution is -2.40. The number of amides is 1. The van der Waals surface area contributed by atoms with E-state index in [1.165, 1.54) is 17.0 Å². The fourth-order valence-corrected chi connectivity index (χ4v) is 5.40. The van der Waals surface area contributed by atoms with Gasteiger partial charge in [-0.3, -0.25) is 9.59 Å². The van der Waals surface area contributed by atoms with Crippen molar-refractivity contribution in [3.8, 4) is 0 Å². The van der Waals surface area contributed by atoms with Crippen molar-refractivity contribution in [2.75, 3.05) is 18.5 Å². The fraction of sp³-hybridized carbons (Fsp3) is 0.444. The average Bonchev–Trinajstić information content (AvgIpc) is 3.48. The maximum Gasteiger partial charge on any atom is 0.306 e. The van der Waals surface area contributed by atoms with Gasteiger partial charge >= 0.3 is 5.97 Å². The van der Waals surface area contributed by atoms with Gasteiger partial charge in [0.1, 0.15) is 17.5 Å². The molecule has 1 aliphatic heterocycles. The maximum atomic E-state index is 15.0. The summed E-state index contributed by atoms with van der Waals surface area (Å²) in [5.74, 6) is -2.20. The Balaban J connectivity index is 1.20. The van der Waals surface area contributed by atoms with Crippen molar-refractivity contribution in [1.82, 2.24) is 9.88 Å². The van der Waals surface area contributed by atoms with E-state index in [1.807, 2.05) is 12.1 Å². The zero-order valence-corrected chi connectivity index (χ0v) is 21.3. The Hall–Kier alpha value is -3.24. The SMILES string of the molecule is O=C(O)C1CCC(OC[C@@H]2C[C@H](F)CN2C(=O)Cc2cc(Cl)c(Nc3nc4ccccc4o3)cc2F)CC1. The molecule has 8 nitrogen and oxygen atoms in total. The number of rotatable bonds is 8. The molecular formula is C27H28ClF2N3O5. The van der Waals surface area contributed by atoms with Crippen molar-refractivity contribution in [2.45, 2.75) is 56.8 Å². The van der Waals surface area contributed by atoms with Crippen molar-refractivity contribution < 1.29 is 32.6 Å². The number of oxazole rings is 1. The highest BCUT2D eigenvalue weighted by atomic mass is 35.5. The molecule has 0 radical (unpaired) electrons. The van der Waals surface area contributed by atoms with E-state index in [1.54, 1.807) is 12.1 Å². The van der Waals surface area contributed by atoms with Crippen molar-refractivity contribution in [3.05, 3.63) is 52.8 Å². The molecule has 3 aromatic rings. The largest absolute Gasteiger partial charge is 0.481 e. The number of hydrogen-bond donors (Lipinski definition) is 2. The number of halogens is 3. The van der Waals surface area contributed by atoms with Gasteiger partial charge < -0.3 is 24.5 Å². The number of para-hydroxylation sites is 2. The first-order valence-corrected chi connectivity index (χ1v) is 13.0. The Labute approximate surface area is 222 Å². The van der Waals surface area contributed by atoms with Crippen LogP contribution in [0.5, 0.6) is 0 Å². The summed E-state index contributed by atoms with van der Waals surface area (Å²) in [7, 11) is 0. The lowest BCUT2D eigenvalue weighted by Gasteiger charge is -2.30. The van der Waals surface area contributed by atoms with Crippen molar-refractivity contribution in [2.24, 2.45) is 5.92 Å². The minimum absolute atomic E-state index is 0.0780. The average molecular weight is 548 g/mol. The van der Waals surface area contributed by atoms with Gasteiger partial charge in [-0.15, -0.1) is 0 Å². The second kappa shape index (κ2) is 11.2. The molecular weight excluding hydrogens is 520 g/mol. The Bertz CT molecular complexity index is 1290. The van der Waals surface area contributed by atoms with Gasteiger partial charge in [0.15, 0.2) is 5.58 Å². The number of nitrogens with zero attached hydrogens (tertiary/aromatic N) is 2. The Morgan fingerprint density at radius 2 is 1.97 bits per heavy atom. The van der Waals surface area contributed by atoms with Gasteiger partial charge in [0.25, 0.3) is 6.01 Å². The van der Waals surface area contributed by atoms with Crippen LogP contribution in [0, 0.1) is 11.7 Å². The van der Waals surface area contributed by atoms with Crippen LogP contribution in [0.4, 0.5) is 20.5 Å². The molecule has 1 saturated heterocycles. The van der Waals surface area contributed by atoms with Crippen LogP contribution in [-0.2, 0) is 20.7 Å². The summed E-state index contributed by atoms with van der Waals surface area (Å²) < 4.78 is 40.8. The molecule has 1 aromatic heterocycles. The number of carbonyl (C=O) groups is 2. The summed E-state index contributed by atoms with van der Waals surface area (Å²) in [4.78, 5) is 29.9. The molecule has 0 bridgehead atoms. The van der Waals surface area contributed by atoms with E-state index in [9.17, 15) is 18.4 Å². The Morgan fingerprint density at radius 1 is 1.21 bits per heavy atom. The van der Waals surface area contributed by atoms with Gasteiger partial charge in [-0.1, -0.05) is 23.7 Å². The van der Waals surface area contributed by atoms with Crippen LogP contribution in [-0.4, -0.2) is 58.3 Å². The second-order valence-corrected chi connectivity index (χ2v) is 10.3. The minimum atomic E-state index is -1.19. The number of aromatic nitrogens is 1. The van der Waals surface area contributed by atoms with E-state index in [2.05, 4.69) is 10.3 Å². The van der Waals surface area contributed by atoms with Crippen LogP contribution in [0.3, 0.4) is 0 Å². The Morgan fingerprint density at radius 3 is 2.71 bits per heavy atom. The number of nitrogens with one attached hydrogen (secondary N) is 1. The number of likely N-dealkylation sites (tertiary alicyclic amines) is 1. The molecule has 0 unspecified atom stereocenters. The number of carbonyl (C=O) groups excluding carboxylic acids is 1.